The lowest BCUT2D eigenvalue weighted by molar-refractivity contribution is -0.138. The largest absolute Gasteiger partial charge is 0.493 e. The van der Waals surface area contributed by atoms with Crippen LogP contribution in [0.2, 0.25) is 0 Å². The molecule has 0 radical (unpaired) electrons. The highest BCUT2D eigenvalue weighted by Gasteiger charge is 2.23. The maximum atomic E-state index is 10.9. The summed E-state index contributed by atoms with van der Waals surface area (Å²) in [6.45, 7) is 1.20. The molecule has 1 aromatic rings. The first-order valence-corrected chi connectivity index (χ1v) is 6.50. The van der Waals surface area contributed by atoms with Gasteiger partial charge in [0, 0.05) is 18.4 Å². The van der Waals surface area contributed by atoms with E-state index in [9.17, 15) is 4.79 Å². The molecule has 1 aromatic carbocycles. The van der Waals surface area contributed by atoms with Crippen LogP contribution in [0.5, 0.6) is 11.5 Å². The molecule has 110 valence electrons. The predicted molar refractivity (Wildman–Crippen MR) is 72.2 cm³/mol. The third-order valence-electron chi connectivity index (χ3n) is 3.21. The third-order valence-corrected chi connectivity index (χ3v) is 3.21. The van der Waals surface area contributed by atoms with Gasteiger partial charge in [0.15, 0.2) is 11.5 Å². The molecule has 6 nitrogen and oxygen atoms in total. The molecule has 2 atom stereocenters. The molecule has 1 aliphatic rings. The summed E-state index contributed by atoms with van der Waals surface area (Å²) in [6.07, 6.45) is 0.962. The van der Waals surface area contributed by atoms with Crippen LogP contribution in [0, 0.1) is 0 Å². The number of carboxylic acids is 1. The summed E-state index contributed by atoms with van der Waals surface area (Å²) in [5, 5.41) is 8.93. The van der Waals surface area contributed by atoms with Gasteiger partial charge in [0.05, 0.1) is 20.3 Å². The van der Waals surface area contributed by atoms with Crippen molar-refractivity contribution in [2.75, 3.05) is 20.3 Å². The molecule has 0 amide bonds. The maximum Gasteiger partial charge on any atom is 0.320 e. The second kappa shape index (κ2) is 6.58. The minimum atomic E-state index is -1.04. The lowest BCUT2D eigenvalue weighted by Gasteiger charge is -2.19. The van der Waals surface area contributed by atoms with Crippen LogP contribution in [0.25, 0.3) is 0 Å². The summed E-state index contributed by atoms with van der Waals surface area (Å²) in [6, 6.07) is 4.40. The van der Waals surface area contributed by atoms with E-state index >= 15 is 0 Å². The van der Waals surface area contributed by atoms with Gasteiger partial charge in [-0.1, -0.05) is 12.1 Å². The Hall–Kier alpha value is -1.79. The van der Waals surface area contributed by atoms with E-state index in [0.29, 0.717) is 24.7 Å². The Bertz CT molecular complexity index is 471. The Morgan fingerprint density at radius 2 is 2.40 bits per heavy atom. The van der Waals surface area contributed by atoms with Gasteiger partial charge in [-0.15, -0.1) is 0 Å². The Balaban J connectivity index is 2.22. The SMILES string of the molecule is COc1cccc(CC(N)C(=O)O)c1OC1CCOC1. The van der Waals surface area contributed by atoms with Crippen LogP contribution in [-0.2, 0) is 16.0 Å². The zero-order valence-corrected chi connectivity index (χ0v) is 11.4. The summed E-state index contributed by atoms with van der Waals surface area (Å²) in [5.41, 5.74) is 6.32. The average molecular weight is 281 g/mol. The van der Waals surface area contributed by atoms with Crippen LogP contribution < -0.4 is 15.2 Å². The van der Waals surface area contributed by atoms with E-state index in [2.05, 4.69) is 0 Å². The highest BCUT2D eigenvalue weighted by atomic mass is 16.6. The number of carbonyl (C=O) groups is 1. The van der Waals surface area contributed by atoms with E-state index in [-0.39, 0.29) is 12.5 Å². The summed E-state index contributed by atoms with van der Waals surface area (Å²) < 4.78 is 16.5. The molecular weight excluding hydrogens is 262 g/mol. The van der Waals surface area contributed by atoms with Crippen LogP contribution in [0.15, 0.2) is 18.2 Å². The first-order chi connectivity index (χ1) is 9.61. The Morgan fingerprint density at radius 3 is 3.00 bits per heavy atom. The number of carboxylic acid groups (broad SMARTS) is 1. The lowest BCUT2D eigenvalue weighted by Crippen LogP contribution is -2.32. The normalized spacial score (nSPS) is 19.6. The van der Waals surface area contributed by atoms with E-state index in [1.165, 1.54) is 0 Å². The molecule has 1 heterocycles. The number of hydrogen-bond acceptors (Lipinski definition) is 5. The number of benzene rings is 1. The molecule has 6 heteroatoms. The van der Waals surface area contributed by atoms with Crippen molar-refractivity contribution >= 4 is 5.97 Å². The fourth-order valence-electron chi connectivity index (χ4n) is 2.11. The number of aliphatic carboxylic acids is 1. The van der Waals surface area contributed by atoms with E-state index in [4.69, 9.17) is 25.1 Å². The molecule has 1 fully saturated rings. The minimum Gasteiger partial charge on any atom is -0.493 e. The summed E-state index contributed by atoms with van der Waals surface area (Å²) >= 11 is 0. The van der Waals surface area contributed by atoms with Gasteiger partial charge in [0.2, 0.25) is 0 Å². The monoisotopic (exact) mass is 281 g/mol. The zero-order chi connectivity index (χ0) is 14.5. The van der Waals surface area contributed by atoms with E-state index in [0.717, 1.165) is 12.0 Å². The summed E-state index contributed by atoms with van der Waals surface area (Å²) in [5.74, 6) is 0.0946. The Labute approximate surface area is 117 Å². The van der Waals surface area contributed by atoms with Crippen LogP contribution in [-0.4, -0.2) is 43.5 Å². The van der Waals surface area contributed by atoms with Crippen molar-refractivity contribution in [3.63, 3.8) is 0 Å². The van der Waals surface area contributed by atoms with Gasteiger partial charge in [0.1, 0.15) is 12.1 Å². The lowest BCUT2D eigenvalue weighted by atomic mass is 10.0. The number of hydrogen-bond donors (Lipinski definition) is 2. The van der Waals surface area contributed by atoms with E-state index < -0.39 is 12.0 Å². The smallest absolute Gasteiger partial charge is 0.320 e. The molecule has 3 N–H and O–H groups in total. The Morgan fingerprint density at radius 1 is 1.60 bits per heavy atom. The van der Waals surface area contributed by atoms with Crippen molar-refractivity contribution in [1.29, 1.82) is 0 Å². The topological polar surface area (TPSA) is 91.0 Å². The molecule has 2 unspecified atom stereocenters. The molecule has 0 spiro atoms. The van der Waals surface area contributed by atoms with Crippen molar-refractivity contribution in [3.05, 3.63) is 23.8 Å². The number of ether oxygens (including phenoxy) is 3. The number of methoxy groups -OCH3 is 1. The summed E-state index contributed by atoms with van der Waals surface area (Å²) in [7, 11) is 1.55. The molecule has 1 saturated heterocycles. The fraction of sp³-hybridized carbons (Fsp3) is 0.500. The second-order valence-electron chi connectivity index (χ2n) is 4.70. The molecule has 1 aliphatic heterocycles. The number of para-hydroxylation sites is 1. The fourth-order valence-corrected chi connectivity index (χ4v) is 2.11. The van der Waals surface area contributed by atoms with E-state index in [1.54, 1.807) is 25.3 Å². The van der Waals surface area contributed by atoms with Gasteiger partial charge < -0.3 is 25.1 Å². The van der Waals surface area contributed by atoms with Gasteiger partial charge in [-0.3, -0.25) is 4.79 Å². The van der Waals surface area contributed by atoms with Crippen molar-refractivity contribution in [2.24, 2.45) is 5.73 Å². The maximum absolute atomic E-state index is 10.9. The molecular formula is C14H19NO5. The number of nitrogens with two attached hydrogens (primary N) is 1. The predicted octanol–water partition coefficient (Wildman–Crippen LogP) is 0.817. The van der Waals surface area contributed by atoms with Crippen molar-refractivity contribution in [1.82, 2.24) is 0 Å². The van der Waals surface area contributed by atoms with Gasteiger partial charge >= 0.3 is 5.97 Å². The standard InChI is InChI=1S/C14H19NO5/c1-18-12-4-2-3-9(7-11(15)14(16)17)13(12)20-10-5-6-19-8-10/h2-4,10-11H,5-8,15H2,1H3,(H,16,17). The van der Waals surface area contributed by atoms with Crippen LogP contribution >= 0.6 is 0 Å². The second-order valence-corrected chi connectivity index (χ2v) is 4.70. The Kier molecular flexibility index (Phi) is 4.81. The van der Waals surface area contributed by atoms with Crippen molar-refractivity contribution in [3.8, 4) is 11.5 Å². The highest BCUT2D eigenvalue weighted by molar-refractivity contribution is 5.73. The first kappa shape index (κ1) is 14.6. The molecule has 2 rings (SSSR count). The number of rotatable bonds is 6. The van der Waals surface area contributed by atoms with E-state index in [1.807, 2.05) is 0 Å². The first-order valence-electron chi connectivity index (χ1n) is 6.50. The van der Waals surface area contributed by atoms with Gasteiger partial charge in [0.25, 0.3) is 0 Å². The molecule has 0 saturated carbocycles. The van der Waals surface area contributed by atoms with Crippen LogP contribution in [0.4, 0.5) is 0 Å². The van der Waals surface area contributed by atoms with Crippen molar-refractivity contribution in [2.45, 2.75) is 25.0 Å². The van der Waals surface area contributed by atoms with Crippen LogP contribution in [0.3, 0.4) is 0 Å². The van der Waals surface area contributed by atoms with Crippen LogP contribution in [0.1, 0.15) is 12.0 Å². The van der Waals surface area contributed by atoms with Gasteiger partial charge in [-0.2, -0.15) is 0 Å². The molecule has 20 heavy (non-hydrogen) atoms. The quantitative estimate of drug-likeness (QED) is 0.802. The third kappa shape index (κ3) is 3.40. The van der Waals surface area contributed by atoms with Crippen molar-refractivity contribution < 1.29 is 24.1 Å². The zero-order valence-electron chi connectivity index (χ0n) is 11.4. The van der Waals surface area contributed by atoms with Gasteiger partial charge in [-0.05, 0) is 6.07 Å². The van der Waals surface area contributed by atoms with Gasteiger partial charge in [-0.25, -0.2) is 0 Å². The highest BCUT2D eigenvalue weighted by Crippen LogP contribution is 2.33. The molecule has 0 aliphatic carbocycles. The molecule has 0 aromatic heterocycles. The minimum absolute atomic E-state index is 0.0360. The summed E-state index contributed by atoms with van der Waals surface area (Å²) in [4.78, 5) is 10.9. The molecule has 0 bridgehead atoms. The average Bonchev–Trinajstić information content (AvgIpc) is 2.93.